The molecule has 2 aromatic heterocycles. The summed E-state index contributed by atoms with van der Waals surface area (Å²) in [5.74, 6) is -3.96. The summed E-state index contributed by atoms with van der Waals surface area (Å²) in [6, 6.07) is 3.16. The Morgan fingerprint density at radius 1 is 1.09 bits per heavy atom. The summed E-state index contributed by atoms with van der Waals surface area (Å²) in [4.78, 5) is 67.9. The van der Waals surface area contributed by atoms with E-state index in [4.69, 9.17) is 14.2 Å². The minimum Gasteiger partial charge on any atom is -0.488 e. The first kappa shape index (κ1) is 51.0. The first-order valence-corrected chi connectivity index (χ1v) is 25.2. The molecule has 2 saturated carbocycles. The van der Waals surface area contributed by atoms with Gasteiger partial charge in [-0.3, -0.25) is 24.0 Å². The molecule has 2 saturated heterocycles. The number of pyridine rings is 1. The Kier molecular flexibility index (Phi) is 13.9. The van der Waals surface area contributed by atoms with Crippen LogP contribution in [-0.4, -0.2) is 129 Å². The van der Waals surface area contributed by atoms with E-state index >= 15 is 18.0 Å². The summed E-state index contributed by atoms with van der Waals surface area (Å²) in [7, 11) is -4.22. The molecule has 5 aliphatic rings. The van der Waals surface area contributed by atoms with Crippen LogP contribution in [0.15, 0.2) is 60.1 Å². The number of thiazole rings is 1. The van der Waals surface area contributed by atoms with Crippen molar-refractivity contribution in [2.75, 3.05) is 19.8 Å². The number of carbonyl (C=O) groups excluding carboxylic acids is 3. The number of fused-ring (bicyclic) bond motifs is 2. The number of halogens is 6. The van der Waals surface area contributed by atoms with Crippen molar-refractivity contribution in [2.45, 2.75) is 137 Å². The van der Waals surface area contributed by atoms with Gasteiger partial charge in [0.05, 0.1) is 41.4 Å². The van der Waals surface area contributed by atoms with E-state index in [9.17, 15) is 41.1 Å². The molecule has 3 aromatic rings. The predicted molar refractivity (Wildman–Crippen MR) is 239 cm³/mol. The van der Waals surface area contributed by atoms with Crippen LogP contribution in [0.4, 0.5) is 31.1 Å². The van der Waals surface area contributed by atoms with Crippen molar-refractivity contribution in [3.05, 3.63) is 65.7 Å². The molecule has 2 aliphatic carbocycles. The molecule has 5 heterocycles. The fraction of sp³-hybridized carbons (Fsp3) is 0.565. The van der Waals surface area contributed by atoms with E-state index in [2.05, 4.69) is 20.0 Å². The first-order valence-electron chi connectivity index (χ1n) is 22.9. The van der Waals surface area contributed by atoms with Crippen molar-refractivity contribution >= 4 is 45.2 Å². The maximum atomic E-state index is 15.6. The second-order valence-corrected chi connectivity index (χ2v) is 21.9. The van der Waals surface area contributed by atoms with Gasteiger partial charge >= 0.3 is 18.4 Å². The van der Waals surface area contributed by atoms with Crippen LogP contribution in [0.25, 0.3) is 22.0 Å². The van der Waals surface area contributed by atoms with Gasteiger partial charge in [-0.2, -0.15) is 26.3 Å². The van der Waals surface area contributed by atoms with Gasteiger partial charge in [0.15, 0.2) is 5.54 Å². The zero-order chi connectivity index (χ0) is 50.6. The van der Waals surface area contributed by atoms with Crippen LogP contribution in [0.1, 0.15) is 84.1 Å². The number of benzene rings is 1. The van der Waals surface area contributed by atoms with Crippen molar-refractivity contribution in [3.63, 3.8) is 0 Å². The molecule has 1 aromatic carbocycles. The highest BCUT2D eigenvalue weighted by Gasteiger charge is 2.66. The van der Waals surface area contributed by atoms with Crippen LogP contribution in [0.5, 0.6) is 5.75 Å². The molecule has 380 valence electrons. The number of amides is 4. The third-order valence-electron chi connectivity index (χ3n) is 13.9. The smallest absolute Gasteiger partial charge is 0.416 e. The second kappa shape index (κ2) is 19.0. The maximum absolute atomic E-state index is 15.6. The summed E-state index contributed by atoms with van der Waals surface area (Å²) in [5, 5.41) is 15.6. The number of alkyl halides is 6. The summed E-state index contributed by atoms with van der Waals surface area (Å²) in [6.07, 6.45) is -11.1. The summed E-state index contributed by atoms with van der Waals surface area (Å²) in [5.41, 5.74) is -5.35. The molecule has 8 rings (SSSR count). The van der Waals surface area contributed by atoms with E-state index in [-0.39, 0.29) is 66.3 Å². The molecule has 0 radical (unpaired) electrons. The number of rotatable bonds is 10. The number of nitrogens with zero attached hydrogens (tertiary/aromatic N) is 4. The lowest BCUT2D eigenvalue weighted by atomic mass is 9.86. The van der Waals surface area contributed by atoms with Gasteiger partial charge in [0.25, 0.3) is 5.91 Å². The Morgan fingerprint density at radius 2 is 1.80 bits per heavy atom. The third kappa shape index (κ3) is 9.96. The van der Waals surface area contributed by atoms with E-state index in [0.717, 1.165) is 17.0 Å². The standard InChI is InChI=1S/C46H52F6N6O10S2/c1-4-35-36(58(41(62)63)43(46(50,51)52)14-7-18-66-25-43)39(60)57-24-31(68-30-20-32(54-33(21-30)38-53-17-19-69-38)27-10-12-28(13-11-27)45(47,48)49)22-34(57)37(59)55-44(23-29(44)9-6-5-8-26(2)67-35)40(61)56-70(64,65)42(3)15-16-42/h6,9-13,17,19-21,26,29,31,34-36H,4-5,7-8,14-16,18,22-25H2,1-3H3,(H,55,59)(H,56,61)(H,62,63)/b9-6-/t26-,29-,31-,34+,35+,36+,43?,44-/m1/s1. The van der Waals surface area contributed by atoms with Gasteiger partial charge in [-0.25, -0.2) is 23.2 Å². The Bertz CT molecular complexity index is 2610. The topological polar surface area (TPSA) is 207 Å². The van der Waals surface area contributed by atoms with Crippen molar-refractivity contribution in [1.29, 1.82) is 0 Å². The van der Waals surface area contributed by atoms with E-state index in [1.807, 2.05) is 0 Å². The van der Waals surface area contributed by atoms with Gasteiger partial charge in [0.1, 0.15) is 40.2 Å². The number of carboxylic acid groups (broad SMARTS) is 1. The molecule has 1 unspecified atom stereocenters. The van der Waals surface area contributed by atoms with E-state index in [0.29, 0.717) is 17.8 Å². The minimum absolute atomic E-state index is 0.0420. The first-order chi connectivity index (χ1) is 32.9. The van der Waals surface area contributed by atoms with Gasteiger partial charge in [-0.15, -0.1) is 11.3 Å². The van der Waals surface area contributed by atoms with Crippen LogP contribution in [0, 0.1) is 5.92 Å². The SMILES string of the molecule is CC[C@@H]1O[C@H](C)CC/C=C\[C@@H]2C[C@@]2(C(=O)NS(=O)(=O)C2(C)CC2)NC(=O)[C@@H]2C[C@@H](Oc3cc(-c4ccc(C(F)(F)F)cc4)nc(-c4nccs4)c3)CN2C(=O)[C@H]1N(C(=O)O)C1(C(F)(F)F)CCCOC1. The molecular formula is C46H52F6N6O10S2. The van der Waals surface area contributed by atoms with Crippen LogP contribution in [0.3, 0.4) is 0 Å². The molecule has 24 heteroatoms. The Morgan fingerprint density at radius 3 is 2.40 bits per heavy atom. The van der Waals surface area contributed by atoms with Crippen molar-refractivity contribution in [1.82, 2.24) is 29.8 Å². The van der Waals surface area contributed by atoms with Gasteiger partial charge in [-0.1, -0.05) is 31.2 Å². The summed E-state index contributed by atoms with van der Waals surface area (Å²) in [6.45, 7) is 2.83. The van der Waals surface area contributed by atoms with Gasteiger partial charge in [0, 0.05) is 48.2 Å². The van der Waals surface area contributed by atoms with E-state index in [1.165, 1.54) is 55.6 Å². The van der Waals surface area contributed by atoms with Crippen molar-refractivity contribution in [3.8, 4) is 27.7 Å². The monoisotopic (exact) mass is 1030 g/mol. The van der Waals surface area contributed by atoms with Crippen LogP contribution < -0.4 is 14.8 Å². The number of hydrogen-bond acceptors (Lipinski definition) is 12. The van der Waals surface area contributed by atoms with Crippen molar-refractivity contribution < 1.29 is 73.3 Å². The molecule has 4 fully saturated rings. The average Bonchev–Trinajstić information content (AvgIpc) is 4.05. The second-order valence-electron chi connectivity index (χ2n) is 18.8. The summed E-state index contributed by atoms with van der Waals surface area (Å²) < 4.78 is 133. The fourth-order valence-electron chi connectivity index (χ4n) is 9.50. The number of aromatic nitrogens is 2. The van der Waals surface area contributed by atoms with Gasteiger partial charge in [0.2, 0.25) is 21.8 Å². The Hall–Kier alpha value is -5.33. The fourth-order valence-corrected chi connectivity index (χ4v) is 11.4. The number of allylic oxidation sites excluding steroid dienone is 1. The maximum Gasteiger partial charge on any atom is 0.416 e. The molecule has 4 amide bonds. The third-order valence-corrected chi connectivity index (χ3v) is 16.9. The highest BCUT2D eigenvalue weighted by atomic mass is 32.2. The lowest BCUT2D eigenvalue weighted by Gasteiger charge is -2.50. The number of nitrogens with one attached hydrogen (secondary N) is 2. The van der Waals surface area contributed by atoms with Crippen LogP contribution >= 0.6 is 11.3 Å². The molecule has 0 spiro atoms. The molecule has 8 atom stereocenters. The lowest BCUT2D eigenvalue weighted by Crippen LogP contribution is -2.72. The highest BCUT2D eigenvalue weighted by Crippen LogP contribution is 2.49. The molecule has 3 N–H and O–H groups in total. The highest BCUT2D eigenvalue weighted by molar-refractivity contribution is 7.91. The van der Waals surface area contributed by atoms with E-state index in [1.54, 1.807) is 24.5 Å². The van der Waals surface area contributed by atoms with Gasteiger partial charge in [-0.05, 0) is 77.3 Å². The van der Waals surface area contributed by atoms with Crippen LogP contribution in [0.2, 0.25) is 0 Å². The quantitative estimate of drug-likeness (QED) is 0.137. The largest absolute Gasteiger partial charge is 0.488 e. The number of hydrogen-bond donors (Lipinski definition) is 3. The van der Waals surface area contributed by atoms with Crippen LogP contribution in [-0.2, 0) is 40.1 Å². The summed E-state index contributed by atoms with van der Waals surface area (Å²) >= 11 is 1.19. The zero-order valence-electron chi connectivity index (χ0n) is 38.2. The molecule has 3 aliphatic heterocycles. The average molecular weight is 1030 g/mol. The Balaban J connectivity index is 1.22. The van der Waals surface area contributed by atoms with Crippen molar-refractivity contribution in [2.24, 2.45) is 5.92 Å². The van der Waals surface area contributed by atoms with E-state index < -0.39 is 130 Å². The lowest BCUT2D eigenvalue weighted by molar-refractivity contribution is -0.263. The number of ether oxygens (including phenoxy) is 3. The van der Waals surface area contributed by atoms with Gasteiger partial charge < -0.3 is 29.5 Å². The minimum atomic E-state index is -5.27. The molecule has 70 heavy (non-hydrogen) atoms. The molecule has 0 bridgehead atoms. The Labute approximate surface area is 403 Å². The normalized spacial score (nSPS) is 29.9. The number of sulfonamides is 1. The zero-order valence-corrected chi connectivity index (χ0v) is 39.9. The predicted octanol–water partition coefficient (Wildman–Crippen LogP) is 7.11. The molecule has 16 nitrogen and oxygen atoms in total. The molecular weight excluding hydrogens is 975 g/mol. The number of carbonyl (C=O) groups is 4.